The standard InChI is InChI=1S/C30H33N5O3/c1-23(24-13-7-4-8-14-24)35(28(36)25-15-9-5-10-16-25)30(2,3)29(37)31-19-20-34-21-26(32-33-34)22-38-27-17-11-6-12-18-27/h4-18,21,23H,19-20,22H2,1-3H3,(H,31,37)/t23-/m0/s1. The lowest BCUT2D eigenvalue weighted by Gasteiger charge is -2.41. The number of benzene rings is 3. The predicted octanol–water partition coefficient (Wildman–Crippen LogP) is 4.66. The average molecular weight is 512 g/mol. The highest BCUT2D eigenvalue weighted by atomic mass is 16.5. The Bertz CT molecular complexity index is 1320. The molecular formula is C30H33N5O3. The summed E-state index contributed by atoms with van der Waals surface area (Å²) in [5, 5.41) is 11.3. The van der Waals surface area contributed by atoms with Crippen molar-refractivity contribution in [3.63, 3.8) is 0 Å². The molecule has 4 rings (SSSR count). The van der Waals surface area contributed by atoms with Gasteiger partial charge in [-0.15, -0.1) is 5.10 Å². The third-order valence-corrected chi connectivity index (χ3v) is 6.41. The second-order valence-corrected chi connectivity index (χ2v) is 9.52. The van der Waals surface area contributed by atoms with E-state index in [9.17, 15) is 9.59 Å². The molecule has 4 aromatic rings. The summed E-state index contributed by atoms with van der Waals surface area (Å²) in [5.74, 6) is 0.301. The van der Waals surface area contributed by atoms with Gasteiger partial charge in [-0.05, 0) is 50.6 Å². The van der Waals surface area contributed by atoms with Gasteiger partial charge in [0.15, 0.2) is 0 Å². The van der Waals surface area contributed by atoms with Crippen LogP contribution in [0.25, 0.3) is 0 Å². The van der Waals surface area contributed by atoms with Crippen LogP contribution in [0.2, 0.25) is 0 Å². The highest BCUT2D eigenvalue weighted by Crippen LogP contribution is 2.30. The van der Waals surface area contributed by atoms with Gasteiger partial charge in [-0.3, -0.25) is 14.3 Å². The molecule has 8 heteroatoms. The minimum Gasteiger partial charge on any atom is -0.487 e. The normalized spacial score (nSPS) is 12.0. The maximum absolute atomic E-state index is 13.7. The fourth-order valence-corrected chi connectivity index (χ4v) is 4.31. The van der Waals surface area contributed by atoms with Gasteiger partial charge in [0.25, 0.3) is 5.91 Å². The molecule has 1 aromatic heterocycles. The lowest BCUT2D eigenvalue weighted by molar-refractivity contribution is -0.131. The summed E-state index contributed by atoms with van der Waals surface area (Å²) in [5.41, 5.74) is 1.05. The van der Waals surface area contributed by atoms with E-state index >= 15 is 0 Å². The largest absolute Gasteiger partial charge is 0.487 e. The zero-order valence-corrected chi connectivity index (χ0v) is 21.9. The van der Waals surface area contributed by atoms with Crippen molar-refractivity contribution < 1.29 is 14.3 Å². The highest BCUT2D eigenvalue weighted by molar-refractivity contribution is 5.99. The first-order chi connectivity index (χ1) is 18.4. The van der Waals surface area contributed by atoms with E-state index in [1.54, 1.807) is 41.8 Å². The van der Waals surface area contributed by atoms with Crippen molar-refractivity contribution in [3.8, 4) is 5.75 Å². The molecule has 1 N–H and O–H groups in total. The lowest BCUT2D eigenvalue weighted by atomic mass is 9.94. The number of nitrogens with zero attached hydrogens (tertiary/aromatic N) is 4. The molecule has 8 nitrogen and oxygen atoms in total. The number of amides is 2. The Labute approximate surface area is 223 Å². The number of aromatic nitrogens is 3. The van der Waals surface area contributed by atoms with Crippen molar-refractivity contribution >= 4 is 11.8 Å². The van der Waals surface area contributed by atoms with Crippen LogP contribution in [-0.4, -0.2) is 43.8 Å². The van der Waals surface area contributed by atoms with Crippen LogP contribution in [0.4, 0.5) is 0 Å². The summed E-state index contributed by atoms with van der Waals surface area (Å²) in [6, 6.07) is 28.0. The molecule has 1 atom stereocenters. The van der Waals surface area contributed by atoms with Gasteiger partial charge in [0, 0.05) is 12.1 Å². The van der Waals surface area contributed by atoms with Crippen molar-refractivity contribution in [1.29, 1.82) is 0 Å². The molecule has 196 valence electrons. The topological polar surface area (TPSA) is 89.4 Å². The maximum Gasteiger partial charge on any atom is 0.255 e. The Morgan fingerprint density at radius 3 is 2.21 bits per heavy atom. The fraction of sp³-hybridized carbons (Fsp3) is 0.267. The van der Waals surface area contributed by atoms with E-state index in [0.717, 1.165) is 11.3 Å². The van der Waals surface area contributed by atoms with Crippen LogP contribution in [0.1, 0.15) is 48.4 Å². The fourth-order valence-electron chi connectivity index (χ4n) is 4.31. The summed E-state index contributed by atoms with van der Waals surface area (Å²) in [7, 11) is 0. The predicted molar refractivity (Wildman–Crippen MR) is 145 cm³/mol. The molecule has 0 aliphatic heterocycles. The zero-order chi connectivity index (χ0) is 27.0. The number of rotatable bonds is 11. The van der Waals surface area contributed by atoms with Gasteiger partial charge in [0.2, 0.25) is 5.91 Å². The third kappa shape index (κ3) is 6.45. The summed E-state index contributed by atoms with van der Waals surface area (Å²) in [4.78, 5) is 28.8. The van der Waals surface area contributed by atoms with Gasteiger partial charge < -0.3 is 15.0 Å². The minimum atomic E-state index is -1.13. The van der Waals surface area contributed by atoms with Crippen LogP contribution in [0.15, 0.2) is 97.2 Å². The minimum absolute atomic E-state index is 0.207. The molecule has 0 aliphatic rings. The smallest absolute Gasteiger partial charge is 0.255 e. The molecular weight excluding hydrogens is 478 g/mol. The van der Waals surface area contributed by atoms with Gasteiger partial charge in [-0.25, -0.2) is 0 Å². The van der Waals surface area contributed by atoms with Gasteiger partial charge in [-0.1, -0.05) is 71.9 Å². The molecule has 3 aromatic carbocycles. The second-order valence-electron chi connectivity index (χ2n) is 9.52. The van der Waals surface area contributed by atoms with Crippen molar-refractivity contribution in [3.05, 3.63) is 114 Å². The van der Waals surface area contributed by atoms with Crippen LogP contribution in [0, 0.1) is 0 Å². The third-order valence-electron chi connectivity index (χ3n) is 6.41. The number of carbonyl (C=O) groups excluding carboxylic acids is 2. The SMILES string of the molecule is C[C@@H](c1ccccc1)N(C(=O)c1ccccc1)C(C)(C)C(=O)NCCn1cc(COc2ccccc2)nn1. The first-order valence-electron chi connectivity index (χ1n) is 12.6. The first-order valence-corrected chi connectivity index (χ1v) is 12.6. The maximum atomic E-state index is 13.7. The number of hydrogen-bond acceptors (Lipinski definition) is 5. The van der Waals surface area contributed by atoms with Gasteiger partial charge in [-0.2, -0.15) is 0 Å². The van der Waals surface area contributed by atoms with Crippen LogP contribution in [0.3, 0.4) is 0 Å². The first kappa shape index (κ1) is 26.6. The number of para-hydroxylation sites is 1. The lowest BCUT2D eigenvalue weighted by Crippen LogP contribution is -2.58. The number of ether oxygens (including phenoxy) is 1. The van der Waals surface area contributed by atoms with Crippen LogP contribution in [0.5, 0.6) is 5.75 Å². The summed E-state index contributed by atoms with van der Waals surface area (Å²) in [6.07, 6.45) is 1.79. The van der Waals surface area contributed by atoms with Gasteiger partial charge in [0.1, 0.15) is 23.6 Å². The number of nitrogens with one attached hydrogen (secondary N) is 1. The van der Waals surface area contributed by atoms with Crippen molar-refractivity contribution in [2.24, 2.45) is 0 Å². The van der Waals surface area contributed by atoms with Crippen LogP contribution in [-0.2, 0) is 17.9 Å². The van der Waals surface area contributed by atoms with Crippen LogP contribution >= 0.6 is 0 Å². The van der Waals surface area contributed by atoms with Crippen molar-refractivity contribution in [2.75, 3.05) is 6.54 Å². The molecule has 38 heavy (non-hydrogen) atoms. The molecule has 0 bridgehead atoms. The van der Waals surface area contributed by atoms with E-state index < -0.39 is 5.54 Å². The number of hydrogen-bond donors (Lipinski definition) is 1. The number of carbonyl (C=O) groups is 2. The summed E-state index contributed by atoms with van der Waals surface area (Å²) >= 11 is 0. The Hall–Kier alpha value is -4.46. The molecule has 0 spiro atoms. The van der Waals surface area contributed by atoms with E-state index in [1.165, 1.54) is 0 Å². The Morgan fingerprint density at radius 2 is 1.55 bits per heavy atom. The van der Waals surface area contributed by atoms with E-state index in [0.29, 0.717) is 31.0 Å². The molecule has 2 amide bonds. The molecule has 0 radical (unpaired) electrons. The monoisotopic (exact) mass is 511 g/mol. The van der Waals surface area contributed by atoms with Crippen molar-refractivity contribution in [1.82, 2.24) is 25.2 Å². The molecule has 0 aliphatic carbocycles. The second kappa shape index (κ2) is 12.2. The quantitative estimate of drug-likeness (QED) is 0.317. The Balaban J connectivity index is 1.41. The summed E-state index contributed by atoms with van der Waals surface area (Å²) in [6.45, 7) is 6.56. The van der Waals surface area contributed by atoms with E-state index in [-0.39, 0.29) is 17.9 Å². The average Bonchev–Trinajstić information content (AvgIpc) is 3.41. The van der Waals surface area contributed by atoms with Crippen LogP contribution < -0.4 is 10.1 Å². The molecule has 0 fully saturated rings. The van der Waals surface area contributed by atoms with E-state index in [2.05, 4.69) is 15.6 Å². The van der Waals surface area contributed by atoms with E-state index in [4.69, 9.17) is 4.74 Å². The van der Waals surface area contributed by atoms with Gasteiger partial charge >= 0.3 is 0 Å². The highest BCUT2D eigenvalue weighted by Gasteiger charge is 2.41. The van der Waals surface area contributed by atoms with Crippen molar-refractivity contribution in [2.45, 2.75) is 45.5 Å². The molecule has 0 saturated heterocycles. The molecule has 0 saturated carbocycles. The Morgan fingerprint density at radius 1 is 0.947 bits per heavy atom. The molecule has 1 heterocycles. The zero-order valence-electron chi connectivity index (χ0n) is 21.9. The van der Waals surface area contributed by atoms with E-state index in [1.807, 2.05) is 85.8 Å². The summed E-state index contributed by atoms with van der Waals surface area (Å²) < 4.78 is 7.38. The Kier molecular flexibility index (Phi) is 8.53. The molecule has 0 unspecified atom stereocenters. The van der Waals surface area contributed by atoms with Gasteiger partial charge in [0.05, 0.1) is 18.8 Å².